The lowest BCUT2D eigenvalue weighted by Gasteiger charge is -2.57. The fourth-order valence-electron chi connectivity index (χ4n) is 9.02. The van der Waals surface area contributed by atoms with Gasteiger partial charge in [-0.3, -0.25) is 0 Å². The highest BCUT2D eigenvalue weighted by Crippen LogP contribution is 2.62. The van der Waals surface area contributed by atoms with Gasteiger partial charge in [-0.05, 0) is 123 Å². The normalized spacial score (nSPS) is 51.8. The van der Waals surface area contributed by atoms with E-state index in [1.807, 2.05) is 0 Å². The average molecular weight is 357 g/mol. The van der Waals surface area contributed by atoms with Crippen LogP contribution in [-0.2, 0) is 0 Å². The Balaban J connectivity index is 1.50. The van der Waals surface area contributed by atoms with Crippen LogP contribution in [0.15, 0.2) is 12.7 Å². The van der Waals surface area contributed by atoms with Crippen molar-refractivity contribution >= 4 is 0 Å². The van der Waals surface area contributed by atoms with Crippen molar-refractivity contribution in [3.8, 4) is 0 Å². The molecule has 4 aliphatic rings. The lowest BCUT2D eigenvalue weighted by atomic mass is 9.48. The fourth-order valence-corrected chi connectivity index (χ4v) is 9.02. The Morgan fingerprint density at radius 1 is 0.808 bits per heavy atom. The summed E-state index contributed by atoms with van der Waals surface area (Å²) in [7, 11) is 0. The van der Waals surface area contributed by atoms with Crippen molar-refractivity contribution in [3.63, 3.8) is 0 Å². The average Bonchev–Trinajstić information content (AvgIpc) is 3.04. The van der Waals surface area contributed by atoms with Gasteiger partial charge in [0, 0.05) is 0 Å². The first kappa shape index (κ1) is 19.1. The fraction of sp³-hybridized carbons (Fsp3) is 0.923. The van der Waals surface area contributed by atoms with Gasteiger partial charge in [-0.15, -0.1) is 6.58 Å². The van der Waals surface area contributed by atoms with Crippen LogP contribution in [0.2, 0.25) is 0 Å². The summed E-state index contributed by atoms with van der Waals surface area (Å²) in [6, 6.07) is 0. The number of fused-ring (bicyclic) bond motifs is 5. The zero-order valence-electron chi connectivity index (χ0n) is 18.0. The van der Waals surface area contributed by atoms with Gasteiger partial charge in [0.1, 0.15) is 0 Å². The Bertz CT molecular complexity index is 492. The molecule has 148 valence electrons. The zero-order chi connectivity index (χ0) is 18.4. The maximum atomic E-state index is 3.95. The van der Waals surface area contributed by atoms with Crippen molar-refractivity contribution in [2.24, 2.45) is 65.1 Å². The van der Waals surface area contributed by atoms with E-state index >= 15 is 0 Å². The largest absolute Gasteiger partial charge is 0.103 e. The van der Waals surface area contributed by atoms with Crippen molar-refractivity contribution < 1.29 is 0 Å². The van der Waals surface area contributed by atoms with Crippen LogP contribution >= 0.6 is 0 Å². The molecule has 11 unspecified atom stereocenters. The van der Waals surface area contributed by atoms with Gasteiger partial charge in [0.05, 0.1) is 0 Å². The predicted octanol–water partition coefficient (Wildman–Crippen LogP) is 7.60. The molecule has 0 heterocycles. The second-order valence-electron chi connectivity index (χ2n) is 11.3. The third kappa shape index (κ3) is 3.22. The monoisotopic (exact) mass is 356 g/mol. The summed E-state index contributed by atoms with van der Waals surface area (Å²) in [6.45, 7) is 14.3. The molecule has 0 heteroatoms. The van der Waals surface area contributed by atoms with Crippen LogP contribution in [-0.4, -0.2) is 0 Å². The summed E-state index contributed by atoms with van der Waals surface area (Å²) < 4.78 is 0. The Hall–Kier alpha value is -0.260. The summed E-state index contributed by atoms with van der Waals surface area (Å²) in [4.78, 5) is 0. The van der Waals surface area contributed by atoms with E-state index in [1.54, 1.807) is 25.7 Å². The first-order chi connectivity index (χ1) is 12.5. The zero-order valence-corrected chi connectivity index (χ0v) is 18.0. The molecule has 0 aliphatic heterocycles. The van der Waals surface area contributed by atoms with Crippen molar-refractivity contribution in [1.29, 1.82) is 0 Å². The van der Waals surface area contributed by atoms with E-state index < -0.39 is 0 Å². The molecule has 0 aromatic rings. The minimum Gasteiger partial charge on any atom is -0.103 e. The molecule has 11 atom stereocenters. The van der Waals surface area contributed by atoms with Crippen LogP contribution in [0.4, 0.5) is 0 Å². The first-order valence-electron chi connectivity index (χ1n) is 12.1. The second-order valence-corrected chi connectivity index (χ2v) is 11.3. The van der Waals surface area contributed by atoms with Gasteiger partial charge in [0.15, 0.2) is 0 Å². The summed E-state index contributed by atoms with van der Waals surface area (Å²) in [5.74, 6) is 11.3. The van der Waals surface area contributed by atoms with Gasteiger partial charge < -0.3 is 0 Å². The van der Waals surface area contributed by atoms with Gasteiger partial charge in [-0.1, -0.05) is 33.8 Å². The van der Waals surface area contributed by atoms with Gasteiger partial charge in [0.25, 0.3) is 0 Å². The van der Waals surface area contributed by atoms with E-state index in [0.717, 1.165) is 65.1 Å². The molecule has 4 aliphatic carbocycles. The molecule has 0 N–H and O–H groups in total. The van der Waals surface area contributed by atoms with Crippen LogP contribution in [0.25, 0.3) is 0 Å². The van der Waals surface area contributed by atoms with Crippen molar-refractivity contribution in [1.82, 2.24) is 0 Å². The highest BCUT2D eigenvalue weighted by molar-refractivity contribution is 5.04. The molecule has 4 fully saturated rings. The topological polar surface area (TPSA) is 0 Å². The Kier molecular flexibility index (Phi) is 5.60. The summed E-state index contributed by atoms with van der Waals surface area (Å²) >= 11 is 0. The van der Waals surface area contributed by atoms with Crippen LogP contribution in [0.3, 0.4) is 0 Å². The molecule has 0 radical (unpaired) electrons. The van der Waals surface area contributed by atoms with Crippen molar-refractivity contribution in [2.45, 2.75) is 85.5 Å². The third-order valence-electron chi connectivity index (χ3n) is 9.89. The molecule has 26 heavy (non-hydrogen) atoms. The van der Waals surface area contributed by atoms with Crippen LogP contribution in [0.5, 0.6) is 0 Å². The summed E-state index contributed by atoms with van der Waals surface area (Å²) in [5.41, 5.74) is 0. The van der Waals surface area contributed by atoms with E-state index in [1.165, 1.54) is 32.1 Å². The standard InChI is InChI=1S/C26H44/c1-6-7-8-17(3)20-9-10-22-21(20)11-12-23-25(22)15-18(4)24-14-16(2)13-19(5)26(23)24/h6,16-26H,1,7-15H2,2-5H3. The van der Waals surface area contributed by atoms with Crippen LogP contribution in [0.1, 0.15) is 85.5 Å². The summed E-state index contributed by atoms with van der Waals surface area (Å²) in [6.07, 6.45) is 15.6. The van der Waals surface area contributed by atoms with Crippen LogP contribution in [0, 0.1) is 65.1 Å². The number of rotatable bonds is 4. The minimum absolute atomic E-state index is 0.919. The lowest BCUT2D eigenvalue weighted by Crippen LogP contribution is -2.50. The van der Waals surface area contributed by atoms with E-state index in [-0.39, 0.29) is 0 Å². The molecule has 4 saturated carbocycles. The van der Waals surface area contributed by atoms with Gasteiger partial charge in [0.2, 0.25) is 0 Å². The smallest absolute Gasteiger partial charge is 0.0326 e. The second kappa shape index (κ2) is 7.63. The molecular weight excluding hydrogens is 312 g/mol. The molecule has 0 bridgehead atoms. The molecular formula is C26H44. The maximum absolute atomic E-state index is 3.95. The highest BCUT2D eigenvalue weighted by Gasteiger charge is 2.54. The number of allylic oxidation sites excluding steroid dienone is 1. The third-order valence-corrected chi connectivity index (χ3v) is 9.89. The molecule has 0 aromatic carbocycles. The predicted molar refractivity (Wildman–Crippen MR) is 113 cm³/mol. The van der Waals surface area contributed by atoms with E-state index in [4.69, 9.17) is 0 Å². The van der Waals surface area contributed by atoms with Gasteiger partial charge >= 0.3 is 0 Å². The van der Waals surface area contributed by atoms with E-state index in [0.29, 0.717) is 0 Å². The van der Waals surface area contributed by atoms with Crippen molar-refractivity contribution in [3.05, 3.63) is 12.7 Å². The minimum atomic E-state index is 0.919. The summed E-state index contributed by atoms with van der Waals surface area (Å²) in [5, 5.41) is 0. The SMILES string of the molecule is C=CCCC(C)C1CCC2C1CCC1C2CC(C)C2CC(C)CC(C)C21. The highest BCUT2D eigenvalue weighted by atomic mass is 14.6. The molecule has 0 aromatic heterocycles. The van der Waals surface area contributed by atoms with Crippen LogP contribution < -0.4 is 0 Å². The molecule has 0 nitrogen and oxygen atoms in total. The van der Waals surface area contributed by atoms with E-state index in [2.05, 4.69) is 40.3 Å². The Morgan fingerprint density at radius 3 is 2.31 bits per heavy atom. The Morgan fingerprint density at radius 2 is 1.54 bits per heavy atom. The Labute approximate surface area is 163 Å². The van der Waals surface area contributed by atoms with Crippen molar-refractivity contribution in [2.75, 3.05) is 0 Å². The molecule has 4 rings (SSSR count). The van der Waals surface area contributed by atoms with Gasteiger partial charge in [-0.2, -0.15) is 0 Å². The maximum Gasteiger partial charge on any atom is -0.0326 e. The quantitative estimate of drug-likeness (QED) is 0.455. The molecule has 0 amide bonds. The number of hydrogen-bond acceptors (Lipinski definition) is 0. The number of hydrogen-bond donors (Lipinski definition) is 0. The lowest BCUT2D eigenvalue weighted by molar-refractivity contribution is -0.0836. The molecule has 0 spiro atoms. The molecule has 0 saturated heterocycles. The van der Waals surface area contributed by atoms with Gasteiger partial charge in [-0.25, -0.2) is 0 Å². The van der Waals surface area contributed by atoms with E-state index in [9.17, 15) is 0 Å². The first-order valence-corrected chi connectivity index (χ1v) is 12.1.